The molecule has 0 saturated heterocycles. The third-order valence-electron chi connectivity index (χ3n) is 13.8. The van der Waals surface area contributed by atoms with Gasteiger partial charge >= 0.3 is 0 Å². The van der Waals surface area contributed by atoms with Gasteiger partial charge in [-0.1, -0.05) is 160 Å². The standard InChI is InChI=1S/C55H43NOS/c1-55(2)47-20-7-5-15-46(47)51-48(55)21-11-22-49(51)56(37-29-24-35(25-30-37)39-16-9-18-43-42-14-6-8-23-50(42)57-52(39)43)38-31-26-36(27-32-38)41-17-10-19-44-45-33-28-34-12-3-4-13-40(34)54(45)58-53(41)44/h3-10,12-20,23-33,48-49,51H,11,21-22H2,1-2H3. The molecule has 1 fully saturated rings. The summed E-state index contributed by atoms with van der Waals surface area (Å²) < 4.78 is 9.21. The third kappa shape index (κ3) is 5.02. The predicted molar refractivity (Wildman–Crippen MR) is 247 cm³/mol. The molecular formula is C55H43NOS. The molecule has 2 heterocycles. The van der Waals surface area contributed by atoms with Crippen molar-refractivity contribution in [1.82, 2.24) is 0 Å². The van der Waals surface area contributed by atoms with Crippen LogP contribution in [0, 0.1) is 5.92 Å². The molecule has 3 heteroatoms. The van der Waals surface area contributed by atoms with Gasteiger partial charge < -0.3 is 9.32 Å². The second kappa shape index (κ2) is 12.9. The van der Waals surface area contributed by atoms with Crippen molar-refractivity contribution in [3.05, 3.63) is 181 Å². The Labute approximate surface area is 343 Å². The quantitative estimate of drug-likeness (QED) is 0.173. The smallest absolute Gasteiger partial charge is 0.143 e. The van der Waals surface area contributed by atoms with E-state index in [1.165, 1.54) is 77.4 Å². The number of hydrogen-bond donors (Lipinski definition) is 0. The van der Waals surface area contributed by atoms with Gasteiger partial charge in [0.25, 0.3) is 0 Å². The first-order valence-electron chi connectivity index (χ1n) is 20.9. The first-order valence-corrected chi connectivity index (χ1v) is 21.7. The van der Waals surface area contributed by atoms with Crippen LogP contribution in [0.1, 0.15) is 50.2 Å². The van der Waals surface area contributed by atoms with E-state index in [2.05, 4.69) is 183 Å². The van der Waals surface area contributed by atoms with Crippen LogP contribution in [0.4, 0.5) is 11.4 Å². The number of nitrogens with zero attached hydrogens (tertiary/aromatic N) is 1. The summed E-state index contributed by atoms with van der Waals surface area (Å²) in [6.07, 6.45) is 3.65. The fraction of sp³-hybridized carbons (Fsp3) is 0.164. The van der Waals surface area contributed by atoms with Crippen LogP contribution in [0.3, 0.4) is 0 Å². The highest BCUT2D eigenvalue weighted by Crippen LogP contribution is 2.58. The van der Waals surface area contributed by atoms with Crippen LogP contribution in [0.15, 0.2) is 174 Å². The zero-order valence-electron chi connectivity index (χ0n) is 32.8. The Balaban J connectivity index is 0.980. The topological polar surface area (TPSA) is 16.4 Å². The van der Waals surface area contributed by atoms with Crippen LogP contribution >= 0.6 is 11.3 Å². The molecule has 0 spiro atoms. The zero-order valence-corrected chi connectivity index (χ0v) is 33.6. The molecule has 0 bridgehead atoms. The predicted octanol–water partition coefficient (Wildman–Crippen LogP) is 15.8. The van der Waals surface area contributed by atoms with E-state index in [9.17, 15) is 0 Å². The van der Waals surface area contributed by atoms with Gasteiger partial charge in [-0.15, -0.1) is 11.3 Å². The Morgan fingerprint density at radius 2 is 1.17 bits per heavy atom. The highest BCUT2D eigenvalue weighted by atomic mass is 32.1. The molecule has 8 aromatic carbocycles. The van der Waals surface area contributed by atoms with Gasteiger partial charge in [0.1, 0.15) is 11.2 Å². The fourth-order valence-electron chi connectivity index (χ4n) is 11.1. The minimum Gasteiger partial charge on any atom is -0.455 e. The van der Waals surface area contributed by atoms with Crippen LogP contribution in [0.2, 0.25) is 0 Å². The Morgan fingerprint density at radius 3 is 1.98 bits per heavy atom. The van der Waals surface area contributed by atoms with Crippen LogP contribution in [-0.4, -0.2) is 6.04 Å². The number of benzene rings is 8. The minimum absolute atomic E-state index is 0.138. The van der Waals surface area contributed by atoms with Crippen LogP contribution in [0.25, 0.3) is 75.1 Å². The van der Waals surface area contributed by atoms with Gasteiger partial charge in [-0.2, -0.15) is 0 Å². The van der Waals surface area contributed by atoms with E-state index in [0.717, 1.165) is 33.9 Å². The molecule has 3 atom stereocenters. The van der Waals surface area contributed by atoms with Crippen molar-refractivity contribution >= 4 is 75.6 Å². The zero-order chi connectivity index (χ0) is 38.5. The SMILES string of the molecule is CC1(C)c2ccccc2C2C(N(c3ccc(-c4cccc5c4oc4ccccc45)cc3)c3ccc(-c4cccc5c4sc4c6ccccc6ccc54)cc3)CCCC21. The number of hydrogen-bond acceptors (Lipinski definition) is 3. The van der Waals surface area contributed by atoms with Crippen LogP contribution in [-0.2, 0) is 5.41 Å². The lowest BCUT2D eigenvalue weighted by atomic mass is 9.67. The monoisotopic (exact) mass is 765 g/mol. The number of furan rings is 1. The molecule has 0 N–H and O–H groups in total. The van der Waals surface area contributed by atoms with Gasteiger partial charge in [0.2, 0.25) is 0 Å². The Hall–Kier alpha value is -6.16. The van der Waals surface area contributed by atoms with Gasteiger partial charge in [-0.05, 0) is 93.1 Å². The summed E-state index contributed by atoms with van der Waals surface area (Å²) in [6, 6.07) is 63.5. The molecule has 2 nitrogen and oxygen atoms in total. The first kappa shape index (κ1) is 33.9. The maximum Gasteiger partial charge on any atom is 0.143 e. The molecule has 2 aromatic heterocycles. The van der Waals surface area contributed by atoms with E-state index >= 15 is 0 Å². The number of rotatable bonds is 5. The molecule has 0 aliphatic heterocycles. The third-order valence-corrected chi connectivity index (χ3v) is 15.1. The van der Waals surface area contributed by atoms with E-state index in [1.54, 1.807) is 5.56 Å². The van der Waals surface area contributed by atoms with Crippen molar-refractivity contribution in [2.24, 2.45) is 5.92 Å². The van der Waals surface area contributed by atoms with Crippen LogP contribution < -0.4 is 4.90 Å². The fourth-order valence-corrected chi connectivity index (χ4v) is 12.5. The molecule has 0 radical (unpaired) electrons. The van der Waals surface area contributed by atoms with Crippen molar-refractivity contribution in [3.63, 3.8) is 0 Å². The summed E-state index contributed by atoms with van der Waals surface area (Å²) in [6.45, 7) is 4.98. The van der Waals surface area contributed by atoms with E-state index in [1.807, 2.05) is 17.4 Å². The van der Waals surface area contributed by atoms with Gasteiger partial charge in [0.15, 0.2) is 0 Å². The molecule has 280 valence electrons. The number of anilines is 2. The normalized spacial score (nSPS) is 18.6. The number of fused-ring (bicyclic) bond motifs is 11. The second-order valence-corrected chi connectivity index (χ2v) is 18.2. The summed E-state index contributed by atoms with van der Waals surface area (Å²) in [5.74, 6) is 1.04. The molecule has 10 aromatic rings. The van der Waals surface area contributed by atoms with Gasteiger partial charge in [-0.25, -0.2) is 0 Å². The van der Waals surface area contributed by atoms with E-state index in [4.69, 9.17) is 4.42 Å². The molecule has 1 saturated carbocycles. The molecule has 0 amide bonds. The minimum atomic E-state index is 0.138. The average Bonchev–Trinajstić information content (AvgIpc) is 3.93. The summed E-state index contributed by atoms with van der Waals surface area (Å²) in [7, 11) is 0. The van der Waals surface area contributed by atoms with Crippen molar-refractivity contribution in [2.75, 3.05) is 4.90 Å². The number of para-hydroxylation sites is 2. The first-order chi connectivity index (χ1) is 28.5. The van der Waals surface area contributed by atoms with Gasteiger partial charge in [-0.3, -0.25) is 0 Å². The summed E-state index contributed by atoms with van der Waals surface area (Å²) >= 11 is 1.93. The number of thiophene rings is 1. The van der Waals surface area contributed by atoms with Crippen molar-refractivity contribution < 1.29 is 4.42 Å². The van der Waals surface area contributed by atoms with Crippen molar-refractivity contribution in [2.45, 2.75) is 50.5 Å². The summed E-state index contributed by atoms with van der Waals surface area (Å²) in [4.78, 5) is 2.69. The Bertz CT molecular complexity index is 3200. The lowest BCUT2D eigenvalue weighted by molar-refractivity contribution is 0.211. The van der Waals surface area contributed by atoms with E-state index in [0.29, 0.717) is 17.9 Å². The Morgan fingerprint density at radius 1 is 0.534 bits per heavy atom. The van der Waals surface area contributed by atoms with Crippen molar-refractivity contribution in [1.29, 1.82) is 0 Å². The largest absolute Gasteiger partial charge is 0.455 e. The lowest BCUT2D eigenvalue weighted by Crippen LogP contribution is -2.43. The van der Waals surface area contributed by atoms with Crippen LogP contribution in [0.5, 0.6) is 0 Å². The van der Waals surface area contributed by atoms with Crippen molar-refractivity contribution in [3.8, 4) is 22.3 Å². The van der Waals surface area contributed by atoms with E-state index < -0.39 is 0 Å². The molecule has 2 aliphatic carbocycles. The van der Waals surface area contributed by atoms with E-state index in [-0.39, 0.29) is 5.41 Å². The molecular weight excluding hydrogens is 723 g/mol. The second-order valence-electron chi connectivity index (χ2n) is 17.1. The van der Waals surface area contributed by atoms with Gasteiger partial charge in [0, 0.05) is 59.8 Å². The lowest BCUT2D eigenvalue weighted by Gasteiger charge is -2.45. The maximum absolute atomic E-state index is 6.48. The molecule has 2 aliphatic rings. The maximum atomic E-state index is 6.48. The van der Waals surface area contributed by atoms with Gasteiger partial charge in [0.05, 0.1) is 0 Å². The highest BCUT2D eigenvalue weighted by molar-refractivity contribution is 7.27. The summed E-state index contributed by atoms with van der Waals surface area (Å²) in [5, 5.41) is 7.63. The molecule has 12 rings (SSSR count). The highest BCUT2D eigenvalue weighted by Gasteiger charge is 2.51. The summed E-state index contributed by atoms with van der Waals surface area (Å²) in [5.41, 5.74) is 12.4. The molecule has 58 heavy (non-hydrogen) atoms. The molecule has 3 unspecified atom stereocenters. The average molecular weight is 766 g/mol. The Kier molecular flexibility index (Phi) is 7.56.